The molecular weight excluding hydrogens is 267 g/mol. The monoisotopic (exact) mass is 274 g/mol. The first-order valence-electron chi connectivity index (χ1n) is 5.19. The zero-order chi connectivity index (χ0) is 13.0. The summed E-state index contributed by atoms with van der Waals surface area (Å²) in [6.45, 7) is 0. The number of halogens is 2. The second kappa shape index (κ2) is 5.68. The van der Waals surface area contributed by atoms with Crippen LogP contribution in [0, 0.1) is 11.3 Å². The van der Waals surface area contributed by atoms with Crippen molar-refractivity contribution in [3.05, 3.63) is 63.6 Å². The Bertz CT molecular complexity index is 625. The first-order valence-corrected chi connectivity index (χ1v) is 5.94. The third-order valence-corrected chi connectivity index (χ3v) is 3.16. The first-order chi connectivity index (χ1) is 8.70. The molecule has 0 aliphatic rings. The van der Waals surface area contributed by atoms with Gasteiger partial charge in [0.05, 0.1) is 27.4 Å². The van der Waals surface area contributed by atoms with Crippen LogP contribution in [-0.2, 0) is 0 Å². The van der Waals surface area contributed by atoms with Gasteiger partial charge in [-0.2, -0.15) is 5.26 Å². The lowest BCUT2D eigenvalue weighted by Crippen LogP contribution is -1.83. The van der Waals surface area contributed by atoms with Crippen LogP contribution in [0.5, 0.6) is 0 Å². The van der Waals surface area contributed by atoms with Gasteiger partial charge in [-0.05, 0) is 30.3 Å². The molecule has 2 rings (SSSR count). The molecule has 0 unspecified atom stereocenters. The van der Waals surface area contributed by atoms with E-state index in [9.17, 15) is 0 Å². The lowest BCUT2D eigenvalue weighted by atomic mass is 10.2. The Balaban J connectivity index is 2.25. The molecule has 4 heteroatoms. The maximum atomic E-state index is 8.68. The van der Waals surface area contributed by atoms with E-state index in [1.54, 1.807) is 36.5 Å². The van der Waals surface area contributed by atoms with E-state index in [1.807, 2.05) is 12.1 Å². The minimum Gasteiger partial charge on any atom is -0.256 e. The summed E-state index contributed by atoms with van der Waals surface area (Å²) in [6.07, 6.45) is 1.65. The number of rotatable bonds is 2. The molecule has 2 aromatic carbocycles. The summed E-state index contributed by atoms with van der Waals surface area (Å²) in [4.78, 5) is 4.28. The molecular formula is C14H8Cl2N2. The molecule has 0 radical (unpaired) electrons. The average Bonchev–Trinajstić information content (AvgIpc) is 2.41. The first kappa shape index (κ1) is 12.6. The fourth-order valence-electron chi connectivity index (χ4n) is 1.39. The second-order valence-electron chi connectivity index (χ2n) is 3.56. The van der Waals surface area contributed by atoms with Crippen LogP contribution in [0.25, 0.3) is 0 Å². The third kappa shape index (κ3) is 2.89. The lowest BCUT2D eigenvalue weighted by Gasteiger charge is -1.99. The van der Waals surface area contributed by atoms with Crippen LogP contribution in [0.2, 0.25) is 10.0 Å². The molecule has 0 fully saturated rings. The van der Waals surface area contributed by atoms with Crippen LogP contribution in [-0.4, -0.2) is 6.21 Å². The van der Waals surface area contributed by atoms with Crippen molar-refractivity contribution in [1.82, 2.24) is 0 Å². The molecule has 0 spiro atoms. The number of nitriles is 1. The standard InChI is InChI=1S/C14H8Cl2N2/c15-13-3-1-2-11(14(13)16)9-18-12-6-4-10(8-17)5-7-12/h1-7,9H. The molecule has 0 aliphatic heterocycles. The molecule has 18 heavy (non-hydrogen) atoms. The Hall–Kier alpha value is -1.82. The SMILES string of the molecule is N#Cc1ccc(N=Cc2cccc(Cl)c2Cl)cc1. The van der Waals surface area contributed by atoms with Crippen LogP contribution in [0.1, 0.15) is 11.1 Å². The van der Waals surface area contributed by atoms with Crippen molar-refractivity contribution in [3.63, 3.8) is 0 Å². The van der Waals surface area contributed by atoms with Crippen LogP contribution in [0.4, 0.5) is 5.69 Å². The molecule has 0 aromatic heterocycles. The highest BCUT2D eigenvalue weighted by Gasteiger charge is 2.01. The molecule has 0 aliphatic carbocycles. The van der Waals surface area contributed by atoms with E-state index < -0.39 is 0 Å². The average molecular weight is 275 g/mol. The quantitative estimate of drug-likeness (QED) is 0.737. The van der Waals surface area contributed by atoms with Crippen LogP contribution in [0.3, 0.4) is 0 Å². The van der Waals surface area contributed by atoms with Gasteiger partial charge in [-0.25, -0.2) is 0 Å². The van der Waals surface area contributed by atoms with Crippen molar-refractivity contribution in [2.45, 2.75) is 0 Å². The number of benzene rings is 2. The fourth-order valence-corrected chi connectivity index (χ4v) is 1.74. The molecule has 0 saturated carbocycles. The van der Waals surface area contributed by atoms with E-state index in [-0.39, 0.29) is 0 Å². The summed E-state index contributed by atoms with van der Waals surface area (Å²) in [6, 6.07) is 14.4. The van der Waals surface area contributed by atoms with Crippen molar-refractivity contribution in [3.8, 4) is 6.07 Å². The minimum absolute atomic E-state index is 0.483. The molecule has 0 amide bonds. The summed E-state index contributed by atoms with van der Waals surface area (Å²) in [5, 5.41) is 9.67. The molecule has 0 bridgehead atoms. The number of aliphatic imine (C=N–C) groups is 1. The predicted molar refractivity (Wildman–Crippen MR) is 74.9 cm³/mol. The largest absolute Gasteiger partial charge is 0.256 e. The van der Waals surface area contributed by atoms with Crippen LogP contribution in [0.15, 0.2) is 47.5 Å². The van der Waals surface area contributed by atoms with Gasteiger partial charge in [0, 0.05) is 11.8 Å². The Morgan fingerprint density at radius 3 is 2.44 bits per heavy atom. The molecule has 0 N–H and O–H groups in total. The fraction of sp³-hybridized carbons (Fsp3) is 0. The summed E-state index contributed by atoms with van der Waals surface area (Å²) < 4.78 is 0. The Kier molecular flexibility index (Phi) is 3.99. The Morgan fingerprint density at radius 2 is 1.78 bits per heavy atom. The number of hydrogen-bond donors (Lipinski definition) is 0. The zero-order valence-corrected chi connectivity index (χ0v) is 10.8. The highest BCUT2D eigenvalue weighted by Crippen LogP contribution is 2.24. The van der Waals surface area contributed by atoms with Gasteiger partial charge in [0.1, 0.15) is 0 Å². The molecule has 2 nitrogen and oxygen atoms in total. The van der Waals surface area contributed by atoms with E-state index >= 15 is 0 Å². The van der Waals surface area contributed by atoms with Crippen molar-refractivity contribution in [2.24, 2.45) is 4.99 Å². The summed E-state index contributed by atoms with van der Waals surface area (Å²) in [7, 11) is 0. The van der Waals surface area contributed by atoms with Gasteiger partial charge in [0.25, 0.3) is 0 Å². The molecule has 88 valence electrons. The van der Waals surface area contributed by atoms with Gasteiger partial charge < -0.3 is 0 Å². The summed E-state index contributed by atoms with van der Waals surface area (Å²) >= 11 is 11.9. The summed E-state index contributed by atoms with van der Waals surface area (Å²) in [5.74, 6) is 0. The van der Waals surface area contributed by atoms with E-state index in [0.29, 0.717) is 15.6 Å². The Morgan fingerprint density at radius 1 is 1.06 bits per heavy atom. The van der Waals surface area contributed by atoms with E-state index in [4.69, 9.17) is 28.5 Å². The highest BCUT2D eigenvalue weighted by atomic mass is 35.5. The lowest BCUT2D eigenvalue weighted by molar-refractivity contribution is 1.46. The van der Waals surface area contributed by atoms with Gasteiger partial charge in [0.15, 0.2) is 0 Å². The molecule has 2 aromatic rings. The highest BCUT2D eigenvalue weighted by molar-refractivity contribution is 6.43. The third-order valence-electron chi connectivity index (χ3n) is 2.33. The van der Waals surface area contributed by atoms with Gasteiger partial charge >= 0.3 is 0 Å². The van der Waals surface area contributed by atoms with E-state index in [0.717, 1.165) is 11.3 Å². The van der Waals surface area contributed by atoms with Crippen molar-refractivity contribution >= 4 is 35.1 Å². The molecule has 0 saturated heterocycles. The smallest absolute Gasteiger partial charge is 0.0991 e. The van der Waals surface area contributed by atoms with Gasteiger partial charge in [0.2, 0.25) is 0 Å². The maximum Gasteiger partial charge on any atom is 0.0991 e. The van der Waals surface area contributed by atoms with Crippen LogP contribution >= 0.6 is 23.2 Å². The second-order valence-corrected chi connectivity index (χ2v) is 4.35. The molecule has 0 atom stereocenters. The van der Waals surface area contributed by atoms with Gasteiger partial charge in [-0.3, -0.25) is 4.99 Å². The predicted octanol–water partition coefficient (Wildman–Crippen LogP) is 4.62. The number of nitrogens with zero attached hydrogens (tertiary/aromatic N) is 2. The maximum absolute atomic E-state index is 8.68. The Labute approximate surface area is 115 Å². The topological polar surface area (TPSA) is 36.1 Å². The van der Waals surface area contributed by atoms with Crippen molar-refractivity contribution in [2.75, 3.05) is 0 Å². The van der Waals surface area contributed by atoms with E-state index in [2.05, 4.69) is 11.1 Å². The van der Waals surface area contributed by atoms with Crippen molar-refractivity contribution in [1.29, 1.82) is 5.26 Å². The van der Waals surface area contributed by atoms with Gasteiger partial charge in [-0.15, -0.1) is 0 Å². The van der Waals surface area contributed by atoms with Crippen molar-refractivity contribution < 1.29 is 0 Å². The molecule has 0 heterocycles. The zero-order valence-electron chi connectivity index (χ0n) is 9.27. The number of hydrogen-bond acceptors (Lipinski definition) is 2. The summed E-state index contributed by atoms with van der Waals surface area (Å²) in [5.41, 5.74) is 2.12. The normalized spacial score (nSPS) is 10.5. The minimum atomic E-state index is 0.483. The van der Waals surface area contributed by atoms with E-state index in [1.165, 1.54) is 0 Å². The van der Waals surface area contributed by atoms with Crippen LogP contribution < -0.4 is 0 Å². The van der Waals surface area contributed by atoms with Gasteiger partial charge in [-0.1, -0.05) is 35.3 Å².